The first-order valence-electron chi connectivity index (χ1n) is 11.6. The topological polar surface area (TPSA) is 107 Å². The van der Waals surface area contributed by atoms with Crippen LogP contribution < -0.4 is 20.1 Å². The maximum Gasteiger partial charge on any atom is 0.410 e. The largest absolute Gasteiger partial charge is 0.496 e. The Labute approximate surface area is 219 Å². The van der Waals surface area contributed by atoms with E-state index in [1.54, 1.807) is 78.6 Å². The predicted molar refractivity (Wildman–Crippen MR) is 143 cm³/mol. The Hall–Kier alpha value is -3.67. The summed E-state index contributed by atoms with van der Waals surface area (Å²) in [6.45, 7) is 6.14. The fourth-order valence-electron chi connectivity index (χ4n) is 3.62. The number of nitrogens with one attached hydrogen (secondary N) is 2. The number of hydrogen-bond donors (Lipinski definition) is 2. The van der Waals surface area contributed by atoms with Crippen LogP contribution >= 0.6 is 12.3 Å². The summed E-state index contributed by atoms with van der Waals surface area (Å²) in [6.07, 6.45) is 1.71. The molecule has 0 unspecified atom stereocenters. The van der Waals surface area contributed by atoms with Gasteiger partial charge in [-0.15, -0.1) is 3.89 Å². The van der Waals surface area contributed by atoms with E-state index in [1.807, 2.05) is 0 Å². The third-order valence-corrected chi connectivity index (χ3v) is 5.72. The number of fused-ring (bicyclic) bond motifs is 1. The van der Waals surface area contributed by atoms with Crippen molar-refractivity contribution in [1.29, 1.82) is 0 Å². The summed E-state index contributed by atoms with van der Waals surface area (Å²) in [4.78, 5) is 30.3. The van der Waals surface area contributed by atoms with Gasteiger partial charge in [0.15, 0.2) is 18.0 Å². The molecule has 12 heteroatoms. The number of methoxy groups -OCH3 is 2. The number of amides is 3. The molecule has 10 nitrogen and oxygen atoms in total. The van der Waals surface area contributed by atoms with Gasteiger partial charge in [0.2, 0.25) is 0 Å². The smallest absolute Gasteiger partial charge is 0.410 e. The van der Waals surface area contributed by atoms with Crippen molar-refractivity contribution in [3.63, 3.8) is 0 Å². The van der Waals surface area contributed by atoms with Crippen LogP contribution in [0.15, 0.2) is 36.5 Å². The standard InChI is InChI=1S/C25H32FN5O5S/c1-25(2,3)36-24(33)30(4)14-8-13-27-23(32)29-20-12-11-16-17(15-31(37-26)22(16)28-20)21-18(34-5)9-7-10-19(21)35-6/h7,9-12,15H,8,13-14H2,1-6H3,(H2,27,28,29,32). The molecule has 0 atom stereocenters. The van der Waals surface area contributed by atoms with Gasteiger partial charge in [-0.3, -0.25) is 5.32 Å². The van der Waals surface area contributed by atoms with Crippen molar-refractivity contribution in [2.24, 2.45) is 0 Å². The average Bonchev–Trinajstić information content (AvgIpc) is 3.22. The minimum Gasteiger partial charge on any atom is -0.496 e. The molecule has 0 radical (unpaired) electrons. The predicted octanol–water partition coefficient (Wildman–Crippen LogP) is 5.48. The zero-order chi connectivity index (χ0) is 27.2. The Balaban J connectivity index is 1.68. The van der Waals surface area contributed by atoms with E-state index in [2.05, 4.69) is 15.6 Å². The van der Waals surface area contributed by atoms with Gasteiger partial charge in [0.05, 0.1) is 19.8 Å². The number of rotatable bonds is 9. The normalized spacial score (nSPS) is 11.2. The third-order valence-electron chi connectivity index (χ3n) is 5.29. The van der Waals surface area contributed by atoms with Gasteiger partial charge in [0.25, 0.3) is 0 Å². The lowest BCUT2D eigenvalue weighted by molar-refractivity contribution is 0.0297. The first kappa shape index (κ1) is 27.9. The number of aromatic nitrogens is 2. The summed E-state index contributed by atoms with van der Waals surface area (Å²) in [5.41, 5.74) is 1.10. The molecule has 1 aromatic carbocycles. The molecule has 3 amide bonds. The molecule has 0 spiro atoms. The molecule has 0 bridgehead atoms. The minimum atomic E-state index is -0.571. The first-order valence-corrected chi connectivity index (χ1v) is 12.3. The van der Waals surface area contributed by atoms with Crippen LogP contribution in [-0.2, 0) is 4.74 Å². The number of carbonyl (C=O) groups is 2. The Morgan fingerprint density at radius 2 is 1.81 bits per heavy atom. The van der Waals surface area contributed by atoms with Gasteiger partial charge < -0.3 is 24.4 Å². The van der Waals surface area contributed by atoms with Crippen molar-refractivity contribution >= 4 is 41.3 Å². The lowest BCUT2D eigenvalue weighted by atomic mass is 10.0. The monoisotopic (exact) mass is 533 g/mol. The van der Waals surface area contributed by atoms with E-state index in [0.717, 1.165) is 0 Å². The highest BCUT2D eigenvalue weighted by Gasteiger charge is 2.21. The number of pyridine rings is 1. The zero-order valence-corrected chi connectivity index (χ0v) is 22.6. The molecule has 0 saturated heterocycles. The van der Waals surface area contributed by atoms with Gasteiger partial charge in [-0.25, -0.2) is 18.5 Å². The molecule has 3 aromatic rings. The molecule has 0 aliphatic heterocycles. The SMILES string of the molecule is COc1cccc(OC)c1-c1cn(SF)c2nc(NC(=O)NCCCN(C)C(=O)OC(C)(C)C)ccc12. The van der Waals surface area contributed by atoms with Gasteiger partial charge in [0.1, 0.15) is 22.9 Å². The Morgan fingerprint density at radius 3 is 2.41 bits per heavy atom. The number of hydrogen-bond acceptors (Lipinski definition) is 7. The summed E-state index contributed by atoms with van der Waals surface area (Å²) >= 11 is -0.00487. The summed E-state index contributed by atoms with van der Waals surface area (Å²) in [5, 5.41) is 6.04. The van der Waals surface area contributed by atoms with E-state index in [4.69, 9.17) is 14.2 Å². The molecule has 0 aliphatic carbocycles. The Morgan fingerprint density at radius 1 is 1.14 bits per heavy atom. The molecule has 0 aliphatic rings. The fraction of sp³-hybridized carbons (Fsp3) is 0.400. The second-order valence-corrected chi connectivity index (χ2v) is 9.71. The van der Waals surface area contributed by atoms with Gasteiger partial charge in [0, 0.05) is 37.3 Å². The lowest BCUT2D eigenvalue weighted by Crippen LogP contribution is -2.36. The van der Waals surface area contributed by atoms with Crippen molar-refractivity contribution in [1.82, 2.24) is 19.2 Å². The highest BCUT2D eigenvalue weighted by molar-refractivity contribution is 7.92. The number of carbonyl (C=O) groups excluding carboxylic acids is 2. The van der Waals surface area contributed by atoms with Crippen molar-refractivity contribution in [2.45, 2.75) is 32.8 Å². The van der Waals surface area contributed by atoms with E-state index in [1.165, 1.54) is 8.87 Å². The molecule has 37 heavy (non-hydrogen) atoms. The van der Waals surface area contributed by atoms with E-state index in [9.17, 15) is 13.5 Å². The number of benzene rings is 1. The number of urea groups is 1. The molecule has 3 rings (SSSR count). The summed E-state index contributed by atoms with van der Waals surface area (Å²) < 4.78 is 31.4. The fourth-order valence-corrected chi connectivity index (χ4v) is 3.97. The van der Waals surface area contributed by atoms with Gasteiger partial charge >= 0.3 is 12.1 Å². The minimum absolute atomic E-state index is 0.00487. The molecular formula is C25H32FN5O5S. The maximum atomic E-state index is 13.8. The molecule has 200 valence electrons. The van der Waals surface area contributed by atoms with E-state index < -0.39 is 17.7 Å². The average molecular weight is 534 g/mol. The number of nitrogens with zero attached hydrogens (tertiary/aromatic N) is 3. The van der Waals surface area contributed by atoms with Crippen LogP contribution in [0.25, 0.3) is 22.2 Å². The lowest BCUT2D eigenvalue weighted by Gasteiger charge is -2.24. The van der Waals surface area contributed by atoms with Gasteiger partial charge in [-0.05, 0) is 51.5 Å². The molecule has 0 saturated carbocycles. The molecule has 2 N–H and O–H groups in total. The summed E-state index contributed by atoms with van der Waals surface area (Å²) in [5.74, 6) is 1.39. The highest BCUT2D eigenvalue weighted by atomic mass is 32.2. The number of anilines is 1. The zero-order valence-electron chi connectivity index (χ0n) is 21.8. The molecular weight excluding hydrogens is 501 g/mol. The number of halogens is 1. The first-order chi connectivity index (χ1) is 17.6. The Kier molecular flexibility index (Phi) is 9.09. The van der Waals surface area contributed by atoms with Crippen molar-refractivity contribution < 1.29 is 27.7 Å². The van der Waals surface area contributed by atoms with Crippen molar-refractivity contribution in [3.8, 4) is 22.6 Å². The molecule has 2 heterocycles. The van der Waals surface area contributed by atoms with Crippen molar-refractivity contribution in [2.75, 3.05) is 39.7 Å². The highest BCUT2D eigenvalue weighted by Crippen LogP contribution is 2.43. The van der Waals surface area contributed by atoms with Crippen LogP contribution in [0, 0.1) is 0 Å². The van der Waals surface area contributed by atoms with Gasteiger partial charge in [-0.1, -0.05) is 6.07 Å². The maximum absolute atomic E-state index is 13.8. The van der Waals surface area contributed by atoms with Crippen LogP contribution in [0.4, 0.5) is 19.3 Å². The second kappa shape index (κ2) is 12.0. The van der Waals surface area contributed by atoms with Crippen LogP contribution in [-0.4, -0.2) is 65.9 Å². The number of ether oxygens (including phenoxy) is 3. The van der Waals surface area contributed by atoms with Crippen LogP contribution in [0.5, 0.6) is 11.5 Å². The van der Waals surface area contributed by atoms with Crippen molar-refractivity contribution in [3.05, 3.63) is 36.5 Å². The van der Waals surface area contributed by atoms with Crippen LogP contribution in [0.1, 0.15) is 27.2 Å². The second-order valence-electron chi connectivity index (χ2n) is 9.18. The van der Waals surface area contributed by atoms with E-state index in [0.29, 0.717) is 53.2 Å². The Bertz CT molecular complexity index is 1240. The molecule has 0 fully saturated rings. The molecule has 2 aromatic heterocycles. The van der Waals surface area contributed by atoms with E-state index >= 15 is 0 Å². The summed E-state index contributed by atoms with van der Waals surface area (Å²) in [7, 11) is 4.74. The quantitative estimate of drug-likeness (QED) is 0.351. The van der Waals surface area contributed by atoms with Gasteiger partial charge in [-0.2, -0.15) is 0 Å². The van der Waals surface area contributed by atoms with E-state index in [-0.39, 0.29) is 18.2 Å². The van der Waals surface area contributed by atoms with Crippen LogP contribution in [0.2, 0.25) is 0 Å². The third kappa shape index (κ3) is 6.97. The van der Waals surface area contributed by atoms with Crippen LogP contribution in [0.3, 0.4) is 0 Å². The summed E-state index contributed by atoms with van der Waals surface area (Å²) in [6, 6.07) is 8.31.